The first kappa shape index (κ1) is 10.9. The molecule has 84 valence electrons. The molecule has 1 aromatic carbocycles. The lowest BCUT2D eigenvalue weighted by Crippen LogP contribution is -2.17. The minimum Gasteiger partial charge on any atom is -0.349 e. The molecule has 3 heteroatoms. The van der Waals surface area contributed by atoms with Gasteiger partial charge in [-0.3, -0.25) is 0 Å². The van der Waals surface area contributed by atoms with E-state index in [-0.39, 0.29) is 0 Å². The van der Waals surface area contributed by atoms with E-state index in [0.29, 0.717) is 0 Å². The van der Waals surface area contributed by atoms with Gasteiger partial charge in [-0.25, -0.2) is 4.98 Å². The van der Waals surface area contributed by atoms with Crippen molar-refractivity contribution in [2.75, 3.05) is 6.54 Å². The van der Waals surface area contributed by atoms with Gasteiger partial charge in [-0.2, -0.15) is 0 Å². The van der Waals surface area contributed by atoms with Gasteiger partial charge < -0.3 is 10.3 Å². The molecule has 0 aliphatic heterocycles. The van der Waals surface area contributed by atoms with Gasteiger partial charge in [-0.05, 0) is 12.5 Å². The SMILES string of the molecule is Cc1ccc(CNCCc2ncc[nH]2)cc1. The van der Waals surface area contributed by atoms with E-state index >= 15 is 0 Å². The molecule has 0 unspecified atom stereocenters. The Labute approximate surface area is 95.9 Å². The first-order valence-electron chi connectivity index (χ1n) is 5.59. The molecule has 0 aliphatic rings. The largest absolute Gasteiger partial charge is 0.349 e. The summed E-state index contributed by atoms with van der Waals surface area (Å²) in [7, 11) is 0. The van der Waals surface area contributed by atoms with E-state index < -0.39 is 0 Å². The fourth-order valence-corrected chi connectivity index (χ4v) is 1.58. The number of aromatic amines is 1. The quantitative estimate of drug-likeness (QED) is 0.749. The first-order chi connectivity index (χ1) is 7.84. The number of nitrogens with one attached hydrogen (secondary N) is 2. The number of hydrogen-bond donors (Lipinski definition) is 2. The van der Waals surface area contributed by atoms with Gasteiger partial charge in [0.2, 0.25) is 0 Å². The number of aryl methyl sites for hydroxylation is 1. The second kappa shape index (κ2) is 5.47. The number of H-pyrrole nitrogens is 1. The number of imidazole rings is 1. The molecule has 0 spiro atoms. The fourth-order valence-electron chi connectivity index (χ4n) is 1.58. The van der Waals surface area contributed by atoms with Crippen molar-refractivity contribution in [3.8, 4) is 0 Å². The average Bonchev–Trinajstić information content (AvgIpc) is 2.80. The summed E-state index contributed by atoms with van der Waals surface area (Å²) < 4.78 is 0. The Hall–Kier alpha value is -1.61. The van der Waals surface area contributed by atoms with Gasteiger partial charge in [-0.1, -0.05) is 29.8 Å². The summed E-state index contributed by atoms with van der Waals surface area (Å²) in [5, 5.41) is 3.40. The van der Waals surface area contributed by atoms with Crippen molar-refractivity contribution < 1.29 is 0 Å². The van der Waals surface area contributed by atoms with Crippen LogP contribution >= 0.6 is 0 Å². The predicted molar refractivity (Wildman–Crippen MR) is 65.2 cm³/mol. The van der Waals surface area contributed by atoms with Gasteiger partial charge in [0.15, 0.2) is 0 Å². The Balaban J connectivity index is 1.70. The summed E-state index contributed by atoms with van der Waals surface area (Å²) in [6.07, 6.45) is 4.59. The Bertz CT molecular complexity index is 403. The van der Waals surface area contributed by atoms with E-state index in [1.54, 1.807) is 6.20 Å². The van der Waals surface area contributed by atoms with Crippen molar-refractivity contribution in [3.63, 3.8) is 0 Å². The summed E-state index contributed by atoms with van der Waals surface area (Å²) in [6.45, 7) is 3.97. The van der Waals surface area contributed by atoms with Crippen molar-refractivity contribution in [1.82, 2.24) is 15.3 Å². The Morgan fingerprint density at radius 2 is 2.06 bits per heavy atom. The third kappa shape index (κ3) is 3.21. The van der Waals surface area contributed by atoms with Crippen LogP contribution in [0.2, 0.25) is 0 Å². The molecule has 0 saturated carbocycles. The van der Waals surface area contributed by atoms with Crippen LogP contribution < -0.4 is 5.32 Å². The van der Waals surface area contributed by atoms with Gasteiger partial charge in [0.25, 0.3) is 0 Å². The van der Waals surface area contributed by atoms with Crippen LogP contribution in [-0.2, 0) is 13.0 Å². The summed E-state index contributed by atoms with van der Waals surface area (Å²) in [6, 6.07) is 8.61. The monoisotopic (exact) mass is 215 g/mol. The maximum atomic E-state index is 4.18. The Morgan fingerprint density at radius 1 is 1.25 bits per heavy atom. The molecule has 0 saturated heterocycles. The van der Waals surface area contributed by atoms with Crippen molar-refractivity contribution >= 4 is 0 Å². The summed E-state index contributed by atoms with van der Waals surface area (Å²) in [4.78, 5) is 7.27. The van der Waals surface area contributed by atoms with Gasteiger partial charge >= 0.3 is 0 Å². The van der Waals surface area contributed by atoms with Gasteiger partial charge in [0.05, 0.1) is 0 Å². The second-order valence-electron chi connectivity index (χ2n) is 3.95. The second-order valence-corrected chi connectivity index (χ2v) is 3.95. The molecule has 0 fully saturated rings. The molecule has 0 bridgehead atoms. The molecule has 0 radical (unpaired) electrons. The third-order valence-electron chi connectivity index (χ3n) is 2.54. The highest BCUT2D eigenvalue weighted by Gasteiger charge is 1.95. The number of benzene rings is 1. The van der Waals surface area contributed by atoms with Crippen LogP contribution in [0, 0.1) is 6.92 Å². The number of nitrogens with zero attached hydrogens (tertiary/aromatic N) is 1. The summed E-state index contributed by atoms with van der Waals surface area (Å²) >= 11 is 0. The fraction of sp³-hybridized carbons (Fsp3) is 0.308. The lowest BCUT2D eigenvalue weighted by Gasteiger charge is -2.04. The highest BCUT2D eigenvalue weighted by molar-refractivity contribution is 5.21. The lowest BCUT2D eigenvalue weighted by molar-refractivity contribution is 0.674. The third-order valence-corrected chi connectivity index (χ3v) is 2.54. The standard InChI is InChI=1S/C13H17N3/c1-11-2-4-12(5-3-11)10-14-7-6-13-15-8-9-16-13/h2-5,8-9,14H,6-7,10H2,1H3,(H,15,16). The zero-order valence-electron chi connectivity index (χ0n) is 9.53. The van der Waals surface area contributed by atoms with Crippen LogP contribution in [-0.4, -0.2) is 16.5 Å². The Morgan fingerprint density at radius 3 is 2.75 bits per heavy atom. The van der Waals surface area contributed by atoms with Crippen LogP contribution in [0.5, 0.6) is 0 Å². The molecule has 3 nitrogen and oxygen atoms in total. The maximum Gasteiger partial charge on any atom is 0.107 e. The van der Waals surface area contributed by atoms with Crippen molar-refractivity contribution in [3.05, 3.63) is 53.6 Å². The molecule has 2 rings (SSSR count). The molecule has 2 N–H and O–H groups in total. The minimum atomic E-state index is 0.918. The molecule has 2 aromatic rings. The normalized spacial score (nSPS) is 10.6. The van der Waals surface area contributed by atoms with Crippen LogP contribution in [0.4, 0.5) is 0 Å². The zero-order valence-corrected chi connectivity index (χ0v) is 9.53. The number of rotatable bonds is 5. The van der Waals surface area contributed by atoms with Gasteiger partial charge in [-0.15, -0.1) is 0 Å². The van der Waals surface area contributed by atoms with E-state index in [4.69, 9.17) is 0 Å². The van der Waals surface area contributed by atoms with E-state index in [2.05, 4.69) is 46.5 Å². The summed E-state index contributed by atoms with van der Waals surface area (Å²) in [5.74, 6) is 1.04. The van der Waals surface area contributed by atoms with E-state index in [0.717, 1.165) is 25.3 Å². The molecular formula is C13H17N3. The van der Waals surface area contributed by atoms with Crippen molar-refractivity contribution in [1.29, 1.82) is 0 Å². The molecule has 1 aromatic heterocycles. The van der Waals surface area contributed by atoms with Crippen molar-refractivity contribution in [2.24, 2.45) is 0 Å². The number of hydrogen-bond acceptors (Lipinski definition) is 2. The Kier molecular flexibility index (Phi) is 3.72. The molecule has 0 atom stereocenters. The molecule has 0 aliphatic carbocycles. The minimum absolute atomic E-state index is 0.918. The maximum absolute atomic E-state index is 4.18. The first-order valence-corrected chi connectivity index (χ1v) is 5.59. The summed E-state index contributed by atoms with van der Waals surface area (Å²) in [5.41, 5.74) is 2.63. The van der Waals surface area contributed by atoms with E-state index in [1.165, 1.54) is 11.1 Å². The number of aromatic nitrogens is 2. The van der Waals surface area contributed by atoms with Crippen LogP contribution in [0.3, 0.4) is 0 Å². The predicted octanol–water partition coefficient (Wildman–Crippen LogP) is 2.05. The highest BCUT2D eigenvalue weighted by atomic mass is 14.9. The van der Waals surface area contributed by atoms with Crippen LogP contribution in [0.15, 0.2) is 36.7 Å². The van der Waals surface area contributed by atoms with Crippen LogP contribution in [0.25, 0.3) is 0 Å². The van der Waals surface area contributed by atoms with E-state index in [9.17, 15) is 0 Å². The molecule has 0 amide bonds. The lowest BCUT2D eigenvalue weighted by atomic mass is 10.1. The average molecular weight is 215 g/mol. The van der Waals surface area contributed by atoms with Crippen LogP contribution in [0.1, 0.15) is 17.0 Å². The van der Waals surface area contributed by atoms with E-state index in [1.807, 2.05) is 6.20 Å². The van der Waals surface area contributed by atoms with Gasteiger partial charge in [0.1, 0.15) is 5.82 Å². The highest BCUT2D eigenvalue weighted by Crippen LogP contribution is 2.02. The smallest absolute Gasteiger partial charge is 0.107 e. The molecular weight excluding hydrogens is 198 g/mol. The van der Waals surface area contributed by atoms with Crippen molar-refractivity contribution in [2.45, 2.75) is 19.9 Å². The molecule has 16 heavy (non-hydrogen) atoms. The van der Waals surface area contributed by atoms with Gasteiger partial charge in [0, 0.05) is 31.9 Å². The zero-order chi connectivity index (χ0) is 11.2. The topological polar surface area (TPSA) is 40.7 Å². The molecule has 1 heterocycles.